The molecular weight excluding hydrogens is 1370 g/mol. The molecule has 0 saturated carbocycles. The zero-order valence-corrected chi connectivity index (χ0v) is 70.5. The van der Waals surface area contributed by atoms with Crippen LogP contribution < -0.4 is 0 Å². The number of unbranched alkanes of at least 4 members (excludes halogenated alkanes) is 44. The third-order valence-electron chi connectivity index (χ3n) is 20.6. The minimum atomic E-state index is -4.97. The molecule has 0 aromatic heterocycles. The normalized spacial score (nSPS) is 14.8. The first-order chi connectivity index (χ1) is 50.8. The standard InChI is InChI=1S/C86H164O17P2/c1-8-12-13-14-15-16-17-18-23-31-36-41-46-55-62-69-85(90)102-81(73-96-83(88)67-60-53-45-40-35-30-25-22-20-19-21-24-28-33-38-43-50-57-64-77(5)9-2)75-100-104(92,93)98-71-80(87)72-99-105(94,95)101-76-82(74-97-84(89)68-61-54-49-48-52-59-66-79(7)11-4)103-86(91)70-63-56-47-42-37-32-27-26-29-34-39-44-51-58-65-78(6)10-3/h16-18,23,77-82,87H,8-15,19-22,24-76H2,1-7H3,(H,92,93)(H,94,95)/b17-16-,23-18-/t77?,78?,79?,80-,81-,82-/m1/s1. The van der Waals surface area contributed by atoms with Gasteiger partial charge in [0.25, 0.3) is 0 Å². The second kappa shape index (κ2) is 75.6. The Hall–Kier alpha value is -2.46. The number of hydrogen-bond acceptors (Lipinski definition) is 15. The first-order valence-electron chi connectivity index (χ1n) is 43.8. The van der Waals surface area contributed by atoms with Gasteiger partial charge in [0.1, 0.15) is 19.3 Å². The molecule has 0 amide bonds. The topological polar surface area (TPSA) is 237 Å². The highest BCUT2D eigenvalue weighted by atomic mass is 31.2. The zero-order valence-electron chi connectivity index (χ0n) is 68.7. The first kappa shape index (κ1) is 103. The van der Waals surface area contributed by atoms with Crippen LogP contribution in [0.25, 0.3) is 0 Å². The van der Waals surface area contributed by atoms with Crippen molar-refractivity contribution >= 4 is 39.5 Å². The Bertz CT molecular complexity index is 2130. The fourth-order valence-electron chi connectivity index (χ4n) is 12.7. The van der Waals surface area contributed by atoms with Crippen molar-refractivity contribution in [2.45, 2.75) is 446 Å². The molecule has 620 valence electrons. The second-order valence-electron chi connectivity index (χ2n) is 31.0. The third-order valence-corrected chi connectivity index (χ3v) is 22.5. The van der Waals surface area contributed by atoms with E-state index < -0.39 is 97.5 Å². The van der Waals surface area contributed by atoms with E-state index in [-0.39, 0.29) is 25.7 Å². The van der Waals surface area contributed by atoms with Crippen LogP contribution in [-0.4, -0.2) is 96.7 Å². The zero-order chi connectivity index (χ0) is 77.2. The summed E-state index contributed by atoms with van der Waals surface area (Å²) in [6.07, 6.45) is 68.8. The van der Waals surface area contributed by atoms with Gasteiger partial charge in [-0.3, -0.25) is 37.3 Å². The van der Waals surface area contributed by atoms with Gasteiger partial charge < -0.3 is 33.8 Å². The van der Waals surface area contributed by atoms with E-state index in [4.69, 9.17) is 37.0 Å². The highest BCUT2D eigenvalue weighted by Gasteiger charge is 2.30. The highest BCUT2D eigenvalue weighted by Crippen LogP contribution is 2.45. The number of aliphatic hydroxyl groups excluding tert-OH is 1. The molecule has 0 radical (unpaired) electrons. The molecule has 19 heteroatoms. The van der Waals surface area contributed by atoms with Crippen LogP contribution in [0.1, 0.15) is 427 Å². The number of ether oxygens (including phenoxy) is 4. The summed E-state index contributed by atoms with van der Waals surface area (Å²) >= 11 is 0. The summed E-state index contributed by atoms with van der Waals surface area (Å²) in [5, 5.41) is 10.7. The quantitative estimate of drug-likeness (QED) is 0.0169. The highest BCUT2D eigenvalue weighted by molar-refractivity contribution is 7.47. The molecule has 3 N–H and O–H groups in total. The predicted octanol–water partition coefficient (Wildman–Crippen LogP) is 25.6. The van der Waals surface area contributed by atoms with E-state index in [9.17, 15) is 43.2 Å². The van der Waals surface area contributed by atoms with Gasteiger partial charge in [0.2, 0.25) is 0 Å². The number of phosphoric ester groups is 2. The van der Waals surface area contributed by atoms with E-state index in [1.807, 2.05) is 0 Å². The van der Waals surface area contributed by atoms with Crippen molar-refractivity contribution in [3.8, 4) is 0 Å². The summed E-state index contributed by atoms with van der Waals surface area (Å²) in [5.74, 6) is 0.309. The Labute approximate surface area is 643 Å². The van der Waals surface area contributed by atoms with Crippen LogP contribution in [-0.2, 0) is 65.4 Å². The fourth-order valence-corrected chi connectivity index (χ4v) is 14.3. The number of allylic oxidation sites excluding steroid dienone is 4. The van der Waals surface area contributed by atoms with Gasteiger partial charge in [-0.1, -0.05) is 375 Å². The summed E-state index contributed by atoms with van der Waals surface area (Å²) in [6.45, 7) is 12.0. The Morgan fingerprint density at radius 1 is 0.305 bits per heavy atom. The number of hydrogen-bond donors (Lipinski definition) is 3. The van der Waals surface area contributed by atoms with Crippen LogP contribution in [0.5, 0.6) is 0 Å². The number of esters is 4. The minimum Gasteiger partial charge on any atom is -0.462 e. The van der Waals surface area contributed by atoms with Gasteiger partial charge in [0.15, 0.2) is 12.2 Å². The molecule has 0 aromatic rings. The van der Waals surface area contributed by atoms with Gasteiger partial charge in [-0.25, -0.2) is 9.13 Å². The number of phosphoric acid groups is 2. The van der Waals surface area contributed by atoms with E-state index in [0.717, 1.165) is 127 Å². The van der Waals surface area contributed by atoms with Crippen molar-refractivity contribution < 1.29 is 80.2 Å². The van der Waals surface area contributed by atoms with Crippen molar-refractivity contribution in [2.75, 3.05) is 39.6 Å². The van der Waals surface area contributed by atoms with Crippen LogP contribution in [0.15, 0.2) is 24.3 Å². The van der Waals surface area contributed by atoms with Crippen LogP contribution in [0, 0.1) is 17.8 Å². The average molecular weight is 1530 g/mol. The molecule has 0 rings (SSSR count). The summed E-state index contributed by atoms with van der Waals surface area (Å²) in [7, 11) is -9.94. The van der Waals surface area contributed by atoms with Gasteiger partial charge in [-0.2, -0.15) is 0 Å². The molecule has 8 atom stereocenters. The molecule has 5 unspecified atom stereocenters. The van der Waals surface area contributed by atoms with Crippen LogP contribution in [0.3, 0.4) is 0 Å². The fraction of sp³-hybridized carbons (Fsp3) is 0.907. The molecule has 0 aromatic carbocycles. The number of aliphatic hydroxyl groups is 1. The van der Waals surface area contributed by atoms with E-state index in [2.05, 4.69) is 72.8 Å². The van der Waals surface area contributed by atoms with Gasteiger partial charge in [-0.05, 0) is 69.1 Å². The molecule has 105 heavy (non-hydrogen) atoms. The predicted molar refractivity (Wildman–Crippen MR) is 432 cm³/mol. The second-order valence-corrected chi connectivity index (χ2v) is 33.9. The van der Waals surface area contributed by atoms with Crippen LogP contribution in [0.2, 0.25) is 0 Å². The molecule has 17 nitrogen and oxygen atoms in total. The van der Waals surface area contributed by atoms with Crippen molar-refractivity contribution in [1.29, 1.82) is 0 Å². The molecule has 0 aliphatic rings. The lowest BCUT2D eigenvalue weighted by atomic mass is 9.99. The molecule has 0 aliphatic heterocycles. The third kappa shape index (κ3) is 75.4. The van der Waals surface area contributed by atoms with E-state index in [1.54, 1.807) is 0 Å². The molecule has 0 aliphatic carbocycles. The van der Waals surface area contributed by atoms with Crippen molar-refractivity contribution in [3.05, 3.63) is 24.3 Å². The maximum Gasteiger partial charge on any atom is 0.472 e. The SMILES string of the molecule is CCCCCC/C=C\C=C/CCCCCCCC(=O)O[C@H](COC(=O)CCCCCCCCCCCCCCCCCCCCC(C)CC)COP(=O)(O)OC[C@@H](O)COP(=O)(O)OC[C@@H](COC(=O)CCCCCCCCC(C)CC)OC(=O)CCCCCCCCCCCCCCCCC(C)CC. The first-order valence-corrected chi connectivity index (χ1v) is 46.8. The van der Waals surface area contributed by atoms with Gasteiger partial charge in [-0.15, -0.1) is 0 Å². The molecular formula is C86H164O17P2. The monoisotopic (exact) mass is 1530 g/mol. The maximum atomic E-state index is 13.1. The van der Waals surface area contributed by atoms with Crippen molar-refractivity contribution in [1.82, 2.24) is 0 Å². The lowest BCUT2D eigenvalue weighted by Gasteiger charge is -2.21. The summed E-state index contributed by atoms with van der Waals surface area (Å²) in [5.41, 5.74) is 0. The number of carbonyl (C=O) groups excluding carboxylic acids is 4. The molecule has 0 heterocycles. The van der Waals surface area contributed by atoms with Crippen LogP contribution in [0.4, 0.5) is 0 Å². The largest absolute Gasteiger partial charge is 0.472 e. The Balaban J connectivity index is 5.23. The Morgan fingerprint density at radius 2 is 0.533 bits per heavy atom. The van der Waals surface area contributed by atoms with Gasteiger partial charge >= 0.3 is 39.5 Å². The van der Waals surface area contributed by atoms with E-state index in [1.165, 1.54) is 218 Å². The lowest BCUT2D eigenvalue weighted by Crippen LogP contribution is -2.30. The van der Waals surface area contributed by atoms with Crippen molar-refractivity contribution in [3.63, 3.8) is 0 Å². The molecule has 0 bridgehead atoms. The molecule has 0 saturated heterocycles. The summed E-state index contributed by atoms with van der Waals surface area (Å²) in [4.78, 5) is 73.2. The van der Waals surface area contributed by atoms with Gasteiger partial charge in [0, 0.05) is 25.7 Å². The molecule has 0 fully saturated rings. The number of rotatable bonds is 82. The van der Waals surface area contributed by atoms with Gasteiger partial charge in [0.05, 0.1) is 26.4 Å². The Morgan fingerprint density at radius 3 is 0.800 bits per heavy atom. The number of carbonyl (C=O) groups is 4. The van der Waals surface area contributed by atoms with Crippen LogP contribution >= 0.6 is 15.6 Å². The smallest absolute Gasteiger partial charge is 0.462 e. The average Bonchev–Trinajstić information content (AvgIpc) is 0.904. The minimum absolute atomic E-state index is 0.0854. The maximum absolute atomic E-state index is 13.1. The van der Waals surface area contributed by atoms with E-state index in [0.29, 0.717) is 25.7 Å². The summed E-state index contributed by atoms with van der Waals surface area (Å²) < 4.78 is 68.8. The Kier molecular flexibility index (Phi) is 73.8. The van der Waals surface area contributed by atoms with Crippen molar-refractivity contribution in [2.24, 2.45) is 17.8 Å². The van der Waals surface area contributed by atoms with E-state index >= 15 is 0 Å². The molecule has 0 spiro atoms. The lowest BCUT2D eigenvalue weighted by molar-refractivity contribution is -0.161. The summed E-state index contributed by atoms with van der Waals surface area (Å²) in [6, 6.07) is 0.